The molecule has 1 unspecified atom stereocenters. The molecule has 0 aliphatic heterocycles. The quantitative estimate of drug-likeness (QED) is 0.607. The molecule has 2 saturated carbocycles. The predicted molar refractivity (Wildman–Crippen MR) is 70.4 cm³/mol. The molecule has 0 nitrogen and oxygen atoms in total. The highest BCUT2D eigenvalue weighted by Crippen LogP contribution is 2.40. The molecule has 0 aromatic heterocycles. The molecule has 2 rings (SSSR count). The lowest BCUT2D eigenvalue weighted by Gasteiger charge is -2.28. The van der Waals surface area contributed by atoms with Crippen LogP contribution in [0.2, 0.25) is 0 Å². The molecule has 2 aliphatic carbocycles. The molecule has 0 spiro atoms. The van der Waals surface area contributed by atoms with Crippen molar-refractivity contribution in [1.82, 2.24) is 0 Å². The second-order valence-electron chi connectivity index (χ2n) is 5.73. The van der Waals surface area contributed by atoms with Crippen LogP contribution in [0.4, 0.5) is 0 Å². The average Bonchev–Trinajstić information content (AvgIpc) is 3.10. The van der Waals surface area contributed by atoms with E-state index in [1.807, 2.05) is 0 Å². The normalized spacial score (nSPS) is 34.0. The SMILES string of the molecule is CCC1CCC(CCC(Br)C2CC2)CC1. The second-order valence-corrected chi connectivity index (χ2v) is 6.90. The smallest absolute Gasteiger partial charge is 0.0174 e. The van der Waals surface area contributed by atoms with Crippen LogP contribution in [0.1, 0.15) is 64.7 Å². The minimum atomic E-state index is 0.849. The Balaban J connectivity index is 1.59. The van der Waals surface area contributed by atoms with Crippen LogP contribution in [0.5, 0.6) is 0 Å². The van der Waals surface area contributed by atoms with E-state index in [1.165, 1.54) is 57.8 Å². The molecule has 2 fully saturated rings. The lowest BCUT2D eigenvalue weighted by atomic mass is 9.79. The van der Waals surface area contributed by atoms with Crippen molar-refractivity contribution in [2.24, 2.45) is 17.8 Å². The van der Waals surface area contributed by atoms with E-state index in [9.17, 15) is 0 Å². The first-order valence-electron chi connectivity index (χ1n) is 6.93. The fourth-order valence-electron chi connectivity index (χ4n) is 3.02. The summed E-state index contributed by atoms with van der Waals surface area (Å²) in [4.78, 5) is 0.849. The van der Waals surface area contributed by atoms with Gasteiger partial charge in [0.1, 0.15) is 0 Å². The van der Waals surface area contributed by atoms with Gasteiger partial charge in [-0.15, -0.1) is 0 Å². The average molecular weight is 273 g/mol. The van der Waals surface area contributed by atoms with E-state index in [4.69, 9.17) is 0 Å². The Bertz CT molecular complexity index is 178. The van der Waals surface area contributed by atoms with Crippen molar-refractivity contribution in [1.29, 1.82) is 0 Å². The van der Waals surface area contributed by atoms with E-state index < -0.39 is 0 Å². The van der Waals surface area contributed by atoms with Crippen molar-refractivity contribution < 1.29 is 0 Å². The van der Waals surface area contributed by atoms with Gasteiger partial charge in [0.2, 0.25) is 0 Å². The molecule has 0 amide bonds. The molecule has 0 aromatic carbocycles. The Labute approximate surface area is 103 Å². The summed E-state index contributed by atoms with van der Waals surface area (Å²) >= 11 is 3.86. The third-order valence-corrected chi connectivity index (χ3v) is 5.73. The number of halogens is 1. The summed E-state index contributed by atoms with van der Waals surface area (Å²) < 4.78 is 0. The third kappa shape index (κ3) is 3.76. The first-order valence-corrected chi connectivity index (χ1v) is 7.85. The van der Waals surface area contributed by atoms with Crippen LogP contribution in [0.3, 0.4) is 0 Å². The first kappa shape index (κ1) is 12.0. The standard InChI is InChI=1S/C14H25Br/c1-2-11-3-5-12(6-4-11)7-10-14(15)13-8-9-13/h11-14H,2-10H2,1H3. The van der Waals surface area contributed by atoms with Crippen molar-refractivity contribution in [3.63, 3.8) is 0 Å². The minimum Gasteiger partial charge on any atom is -0.0888 e. The van der Waals surface area contributed by atoms with Crippen LogP contribution < -0.4 is 0 Å². The molecule has 88 valence electrons. The number of hydrogen-bond donors (Lipinski definition) is 0. The van der Waals surface area contributed by atoms with Crippen LogP contribution in [0, 0.1) is 17.8 Å². The lowest BCUT2D eigenvalue weighted by Crippen LogP contribution is -2.15. The fourth-order valence-corrected chi connectivity index (χ4v) is 3.81. The highest BCUT2D eigenvalue weighted by atomic mass is 79.9. The summed E-state index contributed by atoms with van der Waals surface area (Å²) in [6, 6.07) is 0. The van der Waals surface area contributed by atoms with Gasteiger partial charge in [-0.1, -0.05) is 55.0 Å². The summed E-state index contributed by atoms with van der Waals surface area (Å²) in [5.41, 5.74) is 0. The van der Waals surface area contributed by atoms with Crippen molar-refractivity contribution in [3.8, 4) is 0 Å². The minimum absolute atomic E-state index is 0.849. The highest BCUT2D eigenvalue weighted by molar-refractivity contribution is 9.09. The molecular weight excluding hydrogens is 248 g/mol. The molecule has 0 bridgehead atoms. The summed E-state index contributed by atoms with van der Waals surface area (Å²) in [6.07, 6.45) is 13.4. The first-order chi connectivity index (χ1) is 7.29. The zero-order valence-electron chi connectivity index (χ0n) is 10.1. The van der Waals surface area contributed by atoms with Gasteiger partial charge in [0, 0.05) is 4.83 Å². The number of alkyl halides is 1. The van der Waals surface area contributed by atoms with Gasteiger partial charge < -0.3 is 0 Å². The summed E-state index contributed by atoms with van der Waals surface area (Å²) in [6.45, 7) is 2.35. The van der Waals surface area contributed by atoms with Gasteiger partial charge in [-0.2, -0.15) is 0 Å². The Morgan fingerprint density at radius 1 is 1.00 bits per heavy atom. The largest absolute Gasteiger partial charge is 0.0888 e. The molecule has 0 N–H and O–H groups in total. The van der Waals surface area contributed by atoms with E-state index >= 15 is 0 Å². The second kappa shape index (κ2) is 5.70. The van der Waals surface area contributed by atoms with Gasteiger partial charge in [0.15, 0.2) is 0 Å². The Morgan fingerprint density at radius 3 is 2.13 bits per heavy atom. The molecule has 1 heteroatoms. The van der Waals surface area contributed by atoms with Gasteiger partial charge in [-0.3, -0.25) is 0 Å². The highest BCUT2D eigenvalue weighted by Gasteiger charge is 2.29. The third-order valence-electron chi connectivity index (χ3n) is 4.53. The predicted octanol–water partition coefficient (Wildman–Crippen LogP) is 5.16. The zero-order chi connectivity index (χ0) is 10.7. The molecule has 2 aliphatic rings. The van der Waals surface area contributed by atoms with E-state index in [-0.39, 0.29) is 0 Å². The van der Waals surface area contributed by atoms with Crippen LogP contribution in [0.25, 0.3) is 0 Å². The number of rotatable bonds is 5. The van der Waals surface area contributed by atoms with E-state index in [2.05, 4.69) is 22.9 Å². The van der Waals surface area contributed by atoms with Gasteiger partial charge in [-0.05, 0) is 43.4 Å². The van der Waals surface area contributed by atoms with Gasteiger partial charge in [0.25, 0.3) is 0 Å². The number of hydrogen-bond acceptors (Lipinski definition) is 0. The van der Waals surface area contributed by atoms with Gasteiger partial charge in [-0.25, -0.2) is 0 Å². The maximum Gasteiger partial charge on any atom is 0.0174 e. The zero-order valence-corrected chi connectivity index (χ0v) is 11.6. The van der Waals surface area contributed by atoms with Crippen molar-refractivity contribution in [3.05, 3.63) is 0 Å². The van der Waals surface area contributed by atoms with E-state index in [1.54, 1.807) is 0 Å². The molecule has 0 saturated heterocycles. The van der Waals surface area contributed by atoms with Crippen LogP contribution in [-0.2, 0) is 0 Å². The topological polar surface area (TPSA) is 0 Å². The van der Waals surface area contributed by atoms with Gasteiger partial charge in [0.05, 0.1) is 0 Å². The molecule has 0 aromatic rings. The Hall–Kier alpha value is 0.480. The lowest BCUT2D eigenvalue weighted by molar-refractivity contribution is 0.254. The fraction of sp³-hybridized carbons (Fsp3) is 1.00. The van der Waals surface area contributed by atoms with Crippen LogP contribution in [0.15, 0.2) is 0 Å². The molecule has 0 heterocycles. The molecule has 0 radical (unpaired) electrons. The Morgan fingerprint density at radius 2 is 1.60 bits per heavy atom. The van der Waals surface area contributed by atoms with Crippen LogP contribution in [-0.4, -0.2) is 4.83 Å². The summed E-state index contributed by atoms with van der Waals surface area (Å²) in [5, 5.41) is 0. The van der Waals surface area contributed by atoms with Crippen molar-refractivity contribution in [2.45, 2.75) is 69.5 Å². The Kier molecular flexibility index (Phi) is 4.54. The summed E-state index contributed by atoms with van der Waals surface area (Å²) in [7, 11) is 0. The molecular formula is C14H25Br. The maximum absolute atomic E-state index is 3.86. The van der Waals surface area contributed by atoms with Crippen molar-refractivity contribution >= 4 is 15.9 Å². The van der Waals surface area contributed by atoms with E-state index in [0.717, 1.165) is 22.6 Å². The molecule has 1 atom stereocenters. The molecule has 15 heavy (non-hydrogen) atoms. The van der Waals surface area contributed by atoms with Crippen molar-refractivity contribution in [2.75, 3.05) is 0 Å². The monoisotopic (exact) mass is 272 g/mol. The van der Waals surface area contributed by atoms with Gasteiger partial charge >= 0.3 is 0 Å². The van der Waals surface area contributed by atoms with E-state index in [0.29, 0.717) is 0 Å². The maximum atomic E-state index is 3.86. The van der Waals surface area contributed by atoms with Crippen LogP contribution >= 0.6 is 15.9 Å². The summed E-state index contributed by atoms with van der Waals surface area (Å²) in [5.74, 6) is 3.16.